The maximum absolute atomic E-state index is 12.3. The van der Waals surface area contributed by atoms with E-state index >= 15 is 0 Å². The van der Waals surface area contributed by atoms with Crippen molar-refractivity contribution < 1.29 is 24.6 Å². The van der Waals surface area contributed by atoms with Crippen LogP contribution in [0.1, 0.15) is 26.3 Å². The third-order valence-electron chi connectivity index (χ3n) is 3.43. The van der Waals surface area contributed by atoms with Crippen molar-refractivity contribution in [3.05, 3.63) is 69.2 Å². The standard InChI is InChI=1S/C17H13Cl2NO5/c18-11-2-1-3-12(19)14(11)15(21)20-13(17(24)25)8-9-4-6-10(7-5-9)16(22)23/h1-7,13H,8H2,(H,20,21)(H,22,23)(H,24,25)/t13-/m0/s1. The Morgan fingerprint density at radius 1 is 0.960 bits per heavy atom. The molecule has 130 valence electrons. The summed E-state index contributed by atoms with van der Waals surface area (Å²) >= 11 is 11.9. The van der Waals surface area contributed by atoms with Gasteiger partial charge in [-0.25, -0.2) is 9.59 Å². The van der Waals surface area contributed by atoms with Crippen LogP contribution in [0.2, 0.25) is 10.0 Å². The Kier molecular flexibility index (Phi) is 6.01. The minimum atomic E-state index is -1.24. The van der Waals surface area contributed by atoms with E-state index in [1.165, 1.54) is 36.4 Å². The maximum atomic E-state index is 12.3. The van der Waals surface area contributed by atoms with Crippen molar-refractivity contribution in [2.45, 2.75) is 12.5 Å². The summed E-state index contributed by atoms with van der Waals surface area (Å²) < 4.78 is 0. The quantitative estimate of drug-likeness (QED) is 0.712. The molecule has 1 atom stereocenters. The molecule has 1 amide bonds. The Bertz CT molecular complexity index is 800. The Hall–Kier alpha value is -2.57. The van der Waals surface area contributed by atoms with Crippen molar-refractivity contribution in [3.63, 3.8) is 0 Å². The van der Waals surface area contributed by atoms with Crippen LogP contribution in [-0.2, 0) is 11.2 Å². The van der Waals surface area contributed by atoms with Gasteiger partial charge in [-0.05, 0) is 29.8 Å². The molecule has 0 saturated heterocycles. The molecule has 0 aliphatic heterocycles. The fourth-order valence-electron chi connectivity index (χ4n) is 2.16. The summed E-state index contributed by atoms with van der Waals surface area (Å²) in [6.07, 6.45) is -0.0248. The van der Waals surface area contributed by atoms with Gasteiger partial charge in [0.15, 0.2) is 0 Å². The molecule has 0 spiro atoms. The molecule has 2 rings (SSSR count). The SMILES string of the molecule is O=C(O)c1ccc(C[C@H](NC(=O)c2c(Cl)cccc2Cl)C(=O)O)cc1. The van der Waals surface area contributed by atoms with Gasteiger partial charge in [0, 0.05) is 6.42 Å². The number of aliphatic carboxylic acids is 1. The van der Waals surface area contributed by atoms with Crippen LogP contribution in [0.25, 0.3) is 0 Å². The topological polar surface area (TPSA) is 104 Å². The molecule has 0 fully saturated rings. The van der Waals surface area contributed by atoms with E-state index in [4.69, 9.17) is 28.3 Å². The molecule has 0 bridgehead atoms. The Morgan fingerprint density at radius 2 is 1.52 bits per heavy atom. The number of benzene rings is 2. The van der Waals surface area contributed by atoms with Crippen molar-refractivity contribution in [2.24, 2.45) is 0 Å². The summed E-state index contributed by atoms with van der Waals surface area (Å²) in [5.41, 5.74) is 0.642. The highest BCUT2D eigenvalue weighted by atomic mass is 35.5. The van der Waals surface area contributed by atoms with E-state index in [2.05, 4.69) is 5.32 Å². The average Bonchev–Trinajstić information content (AvgIpc) is 2.54. The van der Waals surface area contributed by atoms with Gasteiger partial charge in [-0.2, -0.15) is 0 Å². The molecule has 2 aromatic rings. The first-order valence-corrected chi connectivity index (χ1v) is 7.85. The lowest BCUT2D eigenvalue weighted by molar-refractivity contribution is -0.139. The van der Waals surface area contributed by atoms with Gasteiger partial charge in [0.25, 0.3) is 5.91 Å². The maximum Gasteiger partial charge on any atom is 0.335 e. The molecule has 3 N–H and O–H groups in total. The van der Waals surface area contributed by atoms with Crippen LogP contribution in [0.3, 0.4) is 0 Å². The first-order valence-electron chi connectivity index (χ1n) is 7.09. The largest absolute Gasteiger partial charge is 0.480 e. The van der Waals surface area contributed by atoms with Gasteiger partial charge in [0.2, 0.25) is 0 Å². The first-order chi connectivity index (χ1) is 11.8. The number of aromatic carboxylic acids is 1. The summed E-state index contributed by atoms with van der Waals surface area (Å²) in [5, 5.41) is 20.8. The van der Waals surface area contributed by atoms with E-state index in [-0.39, 0.29) is 27.6 Å². The summed E-state index contributed by atoms with van der Waals surface area (Å²) in [7, 11) is 0. The lowest BCUT2D eigenvalue weighted by Crippen LogP contribution is -2.42. The molecular weight excluding hydrogens is 369 g/mol. The molecule has 8 heteroatoms. The molecule has 0 aliphatic rings. The molecule has 25 heavy (non-hydrogen) atoms. The predicted molar refractivity (Wildman–Crippen MR) is 92.5 cm³/mol. The monoisotopic (exact) mass is 381 g/mol. The number of amides is 1. The van der Waals surface area contributed by atoms with Gasteiger partial charge in [-0.15, -0.1) is 0 Å². The van der Waals surface area contributed by atoms with Gasteiger partial charge in [0.05, 0.1) is 21.2 Å². The highest BCUT2D eigenvalue weighted by molar-refractivity contribution is 6.39. The fourth-order valence-corrected chi connectivity index (χ4v) is 2.73. The number of carboxylic acids is 2. The molecule has 0 unspecified atom stereocenters. The van der Waals surface area contributed by atoms with E-state index < -0.39 is 23.9 Å². The lowest BCUT2D eigenvalue weighted by Gasteiger charge is -2.16. The number of carbonyl (C=O) groups is 3. The van der Waals surface area contributed by atoms with Crippen LogP contribution < -0.4 is 5.32 Å². The highest BCUT2D eigenvalue weighted by Crippen LogP contribution is 2.24. The van der Waals surface area contributed by atoms with Crippen molar-refractivity contribution in [3.8, 4) is 0 Å². The van der Waals surface area contributed by atoms with Crippen molar-refractivity contribution in [2.75, 3.05) is 0 Å². The van der Waals surface area contributed by atoms with Crippen LogP contribution in [0.4, 0.5) is 0 Å². The molecule has 0 aliphatic carbocycles. The predicted octanol–water partition coefficient (Wildman–Crippen LogP) is 3.12. The zero-order valence-corrected chi connectivity index (χ0v) is 14.2. The lowest BCUT2D eigenvalue weighted by atomic mass is 10.0. The Morgan fingerprint density at radius 3 is 2.00 bits per heavy atom. The average molecular weight is 382 g/mol. The van der Waals surface area contributed by atoms with Gasteiger partial charge in [-0.3, -0.25) is 4.79 Å². The Labute approximate surface area is 153 Å². The zero-order valence-electron chi connectivity index (χ0n) is 12.7. The van der Waals surface area contributed by atoms with Crippen LogP contribution in [0.15, 0.2) is 42.5 Å². The summed E-state index contributed by atoms with van der Waals surface area (Å²) in [6, 6.07) is 9.01. The third-order valence-corrected chi connectivity index (χ3v) is 4.06. The van der Waals surface area contributed by atoms with E-state index in [0.717, 1.165) is 0 Å². The van der Waals surface area contributed by atoms with Crippen LogP contribution in [0, 0.1) is 0 Å². The molecular formula is C17H13Cl2NO5. The molecule has 2 aromatic carbocycles. The second-order valence-corrected chi connectivity index (χ2v) is 5.98. The van der Waals surface area contributed by atoms with E-state index in [1.807, 2.05) is 0 Å². The van der Waals surface area contributed by atoms with Crippen LogP contribution in [0.5, 0.6) is 0 Å². The number of hydrogen-bond donors (Lipinski definition) is 3. The minimum Gasteiger partial charge on any atom is -0.480 e. The smallest absolute Gasteiger partial charge is 0.335 e. The number of carboxylic acid groups (broad SMARTS) is 2. The summed E-state index contributed by atoms with van der Waals surface area (Å²) in [4.78, 5) is 34.6. The van der Waals surface area contributed by atoms with E-state index in [1.54, 1.807) is 6.07 Å². The van der Waals surface area contributed by atoms with Crippen molar-refractivity contribution in [1.29, 1.82) is 0 Å². The van der Waals surface area contributed by atoms with Gasteiger partial charge in [0.1, 0.15) is 6.04 Å². The number of rotatable bonds is 6. The fraction of sp³-hybridized carbons (Fsp3) is 0.118. The van der Waals surface area contributed by atoms with Gasteiger partial charge < -0.3 is 15.5 Å². The molecule has 0 heterocycles. The third kappa shape index (κ3) is 4.71. The summed E-state index contributed by atoms with van der Waals surface area (Å²) in [6.45, 7) is 0. The highest BCUT2D eigenvalue weighted by Gasteiger charge is 2.23. The second kappa shape index (κ2) is 8.00. The van der Waals surface area contributed by atoms with E-state index in [0.29, 0.717) is 5.56 Å². The Balaban J connectivity index is 2.17. The van der Waals surface area contributed by atoms with Crippen molar-refractivity contribution >= 4 is 41.0 Å². The van der Waals surface area contributed by atoms with Crippen molar-refractivity contribution in [1.82, 2.24) is 5.32 Å². The molecule has 6 nitrogen and oxygen atoms in total. The summed E-state index contributed by atoms with van der Waals surface area (Å²) in [5.74, 6) is -3.02. The minimum absolute atomic E-state index is 0.00157. The number of halogens is 2. The number of nitrogens with one attached hydrogen (secondary N) is 1. The van der Waals surface area contributed by atoms with E-state index in [9.17, 15) is 19.5 Å². The van der Waals surface area contributed by atoms with Gasteiger partial charge >= 0.3 is 11.9 Å². The molecule has 0 aromatic heterocycles. The number of hydrogen-bond acceptors (Lipinski definition) is 3. The first kappa shape index (κ1) is 18.8. The zero-order chi connectivity index (χ0) is 18.6. The van der Waals surface area contributed by atoms with Crippen LogP contribution >= 0.6 is 23.2 Å². The van der Waals surface area contributed by atoms with Gasteiger partial charge in [-0.1, -0.05) is 41.4 Å². The molecule has 0 saturated carbocycles. The number of carbonyl (C=O) groups excluding carboxylic acids is 1. The normalized spacial score (nSPS) is 11.6. The van der Waals surface area contributed by atoms with Crippen LogP contribution in [-0.4, -0.2) is 34.1 Å². The second-order valence-electron chi connectivity index (χ2n) is 5.17. The molecule has 0 radical (unpaired) electrons.